The van der Waals surface area contributed by atoms with Crippen molar-refractivity contribution in [2.45, 2.75) is 66.0 Å². The molecule has 2 amide bonds. The number of halogens is 1. The molecule has 0 heterocycles. The molecule has 0 fully saturated rings. The topological polar surface area (TPSA) is 67.9 Å². The number of amides is 2. The van der Waals surface area contributed by atoms with Gasteiger partial charge in [-0.15, -0.1) is 0 Å². The van der Waals surface area contributed by atoms with Crippen LogP contribution < -0.4 is 14.8 Å². The fourth-order valence-corrected chi connectivity index (χ4v) is 3.81. The summed E-state index contributed by atoms with van der Waals surface area (Å²) < 4.78 is 11.3. The number of nitrogens with zero attached hydrogens (tertiary/aromatic N) is 1. The highest BCUT2D eigenvalue weighted by Gasteiger charge is 2.26. The van der Waals surface area contributed by atoms with Gasteiger partial charge in [0.2, 0.25) is 11.8 Å². The van der Waals surface area contributed by atoms with E-state index in [1.165, 1.54) is 0 Å². The Morgan fingerprint density at radius 1 is 1.00 bits per heavy atom. The van der Waals surface area contributed by atoms with Crippen LogP contribution in [0.3, 0.4) is 0 Å². The van der Waals surface area contributed by atoms with Gasteiger partial charge in [-0.3, -0.25) is 9.59 Å². The Labute approximate surface area is 208 Å². The quantitative estimate of drug-likeness (QED) is 0.361. The smallest absolute Gasteiger partial charge is 0.242 e. The third-order valence-electron chi connectivity index (χ3n) is 5.47. The molecule has 0 saturated carbocycles. The second-order valence-corrected chi connectivity index (χ2v) is 8.56. The van der Waals surface area contributed by atoms with Gasteiger partial charge in [0.1, 0.15) is 6.04 Å². The molecule has 2 aromatic rings. The molecule has 6 nitrogen and oxygen atoms in total. The van der Waals surface area contributed by atoms with Crippen molar-refractivity contribution in [2.24, 2.45) is 0 Å². The molecule has 2 aromatic carbocycles. The lowest BCUT2D eigenvalue weighted by atomic mass is 10.1. The van der Waals surface area contributed by atoms with E-state index in [0.29, 0.717) is 49.2 Å². The Balaban J connectivity index is 2.15. The Morgan fingerprint density at radius 2 is 1.74 bits per heavy atom. The Hall–Kier alpha value is -2.73. The molecular weight excluding hydrogens is 452 g/mol. The first kappa shape index (κ1) is 27.5. The van der Waals surface area contributed by atoms with Gasteiger partial charge in [-0.05, 0) is 69.0 Å². The molecule has 0 radical (unpaired) electrons. The third-order valence-corrected chi connectivity index (χ3v) is 5.71. The molecule has 2 rings (SSSR count). The SMILES string of the molecule is CCCCNC(=O)[C@H](C)N(Cc1cccc(Cl)c1)C(=O)CCc1ccc(OCC)c(OCC)c1. The fraction of sp³-hybridized carbons (Fsp3) is 0.481. The van der Waals surface area contributed by atoms with Gasteiger partial charge >= 0.3 is 0 Å². The predicted molar refractivity (Wildman–Crippen MR) is 136 cm³/mol. The Kier molecular flexibility index (Phi) is 11.7. The van der Waals surface area contributed by atoms with Gasteiger partial charge in [-0.25, -0.2) is 0 Å². The molecule has 0 bridgehead atoms. The number of ether oxygens (including phenoxy) is 2. The lowest BCUT2D eigenvalue weighted by molar-refractivity contribution is -0.140. The summed E-state index contributed by atoms with van der Waals surface area (Å²) in [5.74, 6) is 1.13. The summed E-state index contributed by atoms with van der Waals surface area (Å²) in [6.07, 6.45) is 2.69. The van der Waals surface area contributed by atoms with Crippen molar-refractivity contribution < 1.29 is 19.1 Å². The Bertz CT molecular complexity index is 935. The maximum atomic E-state index is 13.3. The maximum absolute atomic E-state index is 13.3. The zero-order valence-electron chi connectivity index (χ0n) is 20.7. The first-order chi connectivity index (χ1) is 16.4. The molecule has 0 saturated heterocycles. The fourth-order valence-electron chi connectivity index (χ4n) is 3.60. The van der Waals surface area contributed by atoms with Crippen LogP contribution in [-0.2, 0) is 22.6 Å². The van der Waals surface area contributed by atoms with E-state index in [0.717, 1.165) is 24.0 Å². The number of carbonyl (C=O) groups is 2. The number of benzene rings is 2. The number of hydrogen-bond acceptors (Lipinski definition) is 4. The molecule has 7 heteroatoms. The van der Waals surface area contributed by atoms with Crippen LogP contribution >= 0.6 is 11.6 Å². The number of carbonyl (C=O) groups excluding carboxylic acids is 2. The summed E-state index contributed by atoms with van der Waals surface area (Å²) in [5.41, 5.74) is 1.86. The number of unbranched alkanes of at least 4 members (excludes halogenated alkanes) is 1. The summed E-state index contributed by atoms with van der Waals surface area (Å²) in [6, 6.07) is 12.5. The lowest BCUT2D eigenvalue weighted by Crippen LogP contribution is -2.47. The molecule has 1 N–H and O–H groups in total. The zero-order chi connectivity index (χ0) is 24.9. The van der Waals surface area contributed by atoms with Crippen LogP contribution in [0.5, 0.6) is 11.5 Å². The van der Waals surface area contributed by atoms with E-state index in [2.05, 4.69) is 12.2 Å². The average molecular weight is 489 g/mol. The van der Waals surface area contributed by atoms with Gasteiger partial charge in [0.25, 0.3) is 0 Å². The van der Waals surface area contributed by atoms with E-state index in [1.54, 1.807) is 17.9 Å². The van der Waals surface area contributed by atoms with Crippen molar-refractivity contribution in [1.82, 2.24) is 10.2 Å². The van der Waals surface area contributed by atoms with E-state index in [-0.39, 0.29) is 18.2 Å². The molecule has 0 aliphatic carbocycles. The second-order valence-electron chi connectivity index (χ2n) is 8.12. The zero-order valence-corrected chi connectivity index (χ0v) is 21.5. The van der Waals surface area contributed by atoms with Gasteiger partial charge in [0.15, 0.2) is 11.5 Å². The van der Waals surface area contributed by atoms with Gasteiger partial charge in [0, 0.05) is 24.5 Å². The monoisotopic (exact) mass is 488 g/mol. The van der Waals surface area contributed by atoms with Crippen LogP contribution in [0.4, 0.5) is 0 Å². The van der Waals surface area contributed by atoms with Crippen molar-refractivity contribution >= 4 is 23.4 Å². The van der Waals surface area contributed by atoms with Crippen molar-refractivity contribution in [3.05, 3.63) is 58.6 Å². The minimum Gasteiger partial charge on any atom is -0.490 e. The summed E-state index contributed by atoms with van der Waals surface area (Å²) in [7, 11) is 0. The number of nitrogens with one attached hydrogen (secondary N) is 1. The molecule has 0 spiro atoms. The highest BCUT2D eigenvalue weighted by molar-refractivity contribution is 6.30. The maximum Gasteiger partial charge on any atom is 0.242 e. The molecule has 0 aromatic heterocycles. The number of rotatable bonds is 14. The van der Waals surface area contributed by atoms with Gasteiger partial charge in [0.05, 0.1) is 13.2 Å². The molecule has 1 atom stereocenters. The molecule has 0 aliphatic rings. The minimum atomic E-state index is -0.595. The molecule has 34 heavy (non-hydrogen) atoms. The van der Waals surface area contributed by atoms with E-state index in [9.17, 15) is 9.59 Å². The normalized spacial score (nSPS) is 11.6. The molecule has 0 unspecified atom stereocenters. The Morgan fingerprint density at radius 3 is 2.41 bits per heavy atom. The number of aryl methyl sites for hydroxylation is 1. The number of hydrogen-bond donors (Lipinski definition) is 1. The van der Waals surface area contributed by atoms with Crippen LogP contribution in [0.1, 0.15) is 58.1 Å². The average Bonchev–Trinajstić information content (AvgIpc) is 2.82. The third kappa shape index (κ3) is 8.56. The van der Waals surface area contributed by atoms with Crippen LogP contribution in [0, 0.1) is 0 Å². The van der Waals surface area contributed by atoms with E-state index in [4.69, 9.17) is 21.1 Å². The highest BCUT2D eigenvalue weighted by atomic mass is 35.5. The summed E-state index contributed by atoms with van der Waals surface area (Å²) in [5, 5.41) is 3.54. The van der Waals surface area contributed by atoms with Crippen LogP contribution in [0.25, 0.3) is 0 Å². The van der Waals surface area contributed by atoms with Gasteiger partial charge in [-0.2, -0.15) is 0 Å². The summed E-state index contributed by atoms with van der Waals surface area (Å²) in [6.45, 7) is 9.69. The van der Waals surface area contributed by atoms with Crippen molar-refractivity contribution in [1.29, 1.82) is 0 Å². The first-order valence-corrected chi connectivity index (χ1v) is 12.5. The van der Waals surface area contributed by atoms with E-state index in [1.807, 2.05) is 50.2 Å². The highest BCUT2D eigenvalue weighted by Crippen LogP contribution is 2.29. The van der Waals surface area contributed by atoms with E-state index >= 15 is 0 Å². The summed E-state index contributed by atoms with van der Waals surface area (Å²) in [4.78, 5) is 27.7. The van der Waals surface area contributed by atoms with Crippen molar-refractivity contribution in [2.75, 3.05) is 19.8 Å². The standard InChI is InChI=1S/C27H37ClN2O4/c1-5-8-16-29-27(32)20(4)30(19-22-10-9-11-23(28)17-22)26(31)15-13-21-12-14-24(33-6-2)25(18-21)34-7-3/h9-12,14,17-18,20H,5-8,13,15-16,19H2,1-4H3,(H,29,32)/t20-/m0/s1. The van der Waals surface area contributed by atoms with E-state index < -0.39 is 6.04 Å². The minimum absolute atomic E-state index is 0.0926. The van der Waals surface area contributed by atoms with Crippen molar-refractivity contribution in [3.63, 3.8) is 0 Å². The molecule has 0 aliphatic heterocycles. The van der Waals surface area contributed by atoms with Crippen LogP contribution in [0.15, 0.2) is 42.5 Å². The second kappa shape index (κ2) is 14.5. The molecular formula is C27H37ClN2O4. The largest absolute Gasteiger partial charge is 0.490 e. The van der Waals surface area contributed by atoms with Crippen LogP contribution in [-0.4, -0.2) is 42.5 Å². The molecule has 186 valence electrons. The summed E-state index contributed by atoms with van der Waals surface area (Å²) >= 11 is 6.15. The van der Waals surface area contributed by atoms with Gasteiger partial charge < -0.3 is 19.7 Å². The van der Waals surface area contributed by atoms with Crippen LogP contribution in [0.2, 0.25) is 5.02 Å². The first-order valence-electron chi connectivity index (χ1n) is 12.1. The lowest BCUT2D eigenvalue weighted by Gasteiger charge is -2.29. The predicted octanol–water partition coefficient (Wildman–Crippen LogP) is 5.40. The van der Waals surface area contributed by atoms with Crippen molar-refractivity contribution in [3.8, 4) is 11.5 Å². The van der Waals surface area contributed by atoms with Gasteiger partial charge in [-0.1, -0.05) is 43.1 Å².